The van der Waals surface area contributed by atoms with Gasteiger partial charge in [0, 0.05) is 16.4 Å². The minimum atomic E-state index is 0.389. The predicted octanol–water partition coefficient (Wildman–Crippen LogP) is 3.65. The Hall–Kier alpha value is -0.0500. The van der Waals surface area contributed by atoms with Crippen molar-refractivity contribution in [2.24, 2.45) is 0 Å². The fraction of sp³-hybridized carbons (Fsp3) is 0.500. The van der Waals surface area contributed by atoms with E-state index in [1.54, 1.807) is 0 Å². The predicted molar refractivity (Wildman–Crippen MR) is 68.3 cm³/mol. The van der Waals surface area contributed by atoms with Crippen LogP contribution in [0.25, 0.3) is 0 Å². The molecule has 0 aromatic heterocycles. The van der Waals surface area contributed by atoms with Gasteiger partial charge in [-0.2, -0.15) is 0 Å². The molecule has 1 fully saturated rings. The van der Waals surface area contributed by atoms with Crippen LogP contribution in [0.1, 0.15) is 18.4 Å². The van der Waals surface area contributed by atoms with Gasteiger partial charge in [0.1, 0.15) is 0 Å². The van der Waals surface area contributed by atoms with Gasteiger partial charge in [0.25, 0.3) is 0 Å². The van der Waals surface area contributed by atoms with Gasteiger partial charge in [0.15, 0.2) is 0 Å². The van der Waals surface area contributed by atoms with Crippen LogP contribution < -0.4 is 0 Å². The lowest BCUT2D eigenvalue weighted by Gasteiger charge is -2.29. The van der Waals surface area contributed by atoms with Gasteiger partial charge >= 0.3 is 0 Å². The number of nitrogens with zero attached hydrogens (tertiary/aromatic N) is 1. The molecule has 0 amide bonds. The number of piperidine rings is 1. The number of alkyl halides is 1. The zero-order chi connectivity index (χ0) is 10.7. The lowest BCUT2D eigenvalue weighted by Crippen LogP contribution is -2.33. The van der Waals surface area contributed by atoms with Crippen LogP contribution in [0.15, 0.2) is 28.7 Å². The summed E-state index contributed by atoms with van der Waals surface area (Å²) >= 11 is 9.66. The van der Waals surface area contributed by atoms with Crippen molar-refractivity contribution in [3.63, 3.8) is 0 Å². The van der Waals surface area contributed by atoms with E-state index in [-0.39, 0.29) is 0 Å². The standard InChI is InChI=1S/C12H15BrClN/c13-12-4-2-1-3-10(12)9-15-7-5-11(14)6-8-15/h1-4,11H,5-9H2. The Balaban J connectivity index is 1.95. The molecule has 2 rings (SSSR count). The average Bonchev–Trinajstić information content (AvgIpc) is 2.25. The second-order valence-electron chi connectivity index (χ2n) is 4.04. The third kappa shape index (κ3) is 3.20. The monoisotopic (exact) mass is 287 g/mol. The van der Waals surface area contributed by atoms with Crippen molar-refractivity contribution >= 4 is 27.5 Å². The lowest BCUT2D eigenvalue weighted by molar-refractivity contribution is 0.223. The molecule has 0 spiro atoms. The van der Waals surface area contributed by atoms with Crippen molar-refractivity contribution in [3.05, 3.63) is 34.3 Å². The summed E-state index contributed by atoms with van der Waals surface area (Å²) < 4.78 is 1.21. The Labute approximate surface area is 105 Å². The summed E-state index contributed by atoms with van der Waals surface area (Å²) in [5.41, 5.74) is 1.37. The summed E-state index contributed by atoms with van der Waals surface area (Å²) in [6.45, 7) is 3.27. The molecule has 1 saturated heterocycles. The first-order chi connectivity index (χ1) is 7.25. The first-order valence-electron chi connectivity index (χ1n) is 5.35. The Morgan fingerprint density at radius 1 is 1.27 bits per heavy atom. The van der Waals surface area contributed by atoms with Crippen LogP contribution in [0.4, 0.5) is 0 Å². The van der Waals surface area contributed by atoms with Gasteiger partial charge in [-0.05, 0) is 37.6 Å². The Kier molecular flexibility index (Phi) is 4.06. The number of likely N-dealkylation sites (tertiary alicyclic amines) is 1. The van der Waals surface area contributed by atoms with Gasteiger partial charge in [0.05, 0.1) is 0 Å². The zero-order valence-electron chi connectivity index (χ0n) is 8.63. The fourth-order valence-corrected chi connectivity index (χ4v) is 2.53. The first kappa shape index (κ1) is 11.4. The van der Waals surface area contributed by atoms with E-state index in [1.807, 2.05) is 0 Å². The van der Waals surface area contributed by atoms with Crippen molar-refractivity contribution in [3.8, 4) is 0 Å². The Morgan fingerprint density at radius 2 is 1.93 bits per heavy atom. The smallest absolute Gasteiger partial charge is 0.0360 e. The van der Waals surface area contributed by atoms with Gasteiger partial charge in [-0.25, -0.2) is 0 Å². The van der Waals surface area contributed by atoms with Crippen LogP contribution in [0, 0.1) is 0 Å². The zero-order valence-corrected chi connectivity index (χ0v) is 11.0. The van der Waals surface area contributed by atoms with Crippen molar-refractivity contribution < 1.29 is 0 Å². The van der Waals surface area contributed by atoms with E-state index in [4.69, 9.17) is 11.6 Å². The molecule has 1 aromatic rings. The number of rotatable bonds is 2. The molecule has 1 nitrogen and oxygen atoms in total. The van der Waals surface area contributed by atoms with Crippen LogP contribution in [0.2, 0.25) is 0 Å². The summed E-state index contributed by atoms with van der Waals surface area (Å²) in [5.74, 6) is 0. The molecule has 1 heterocycles. The normalized spacial score (nSPS) is 19.3. The summed E-state index contributed by atoms with van der Waals surface area (Å²) in [4.78, 5) is 2.47. The molecule has 0 radical (unpaired) electrons. The van der Waals surface area contributed by atoms with Crippen LogP contribution in [0.3, 0.4) is 0 Å². The molecule has 0 atom stereocenters. The van der Waals surface area contributed by atoms with E-state index >= 15 is 0 Å². The van der Waals surface area contributed by atoms with Gasteiger partial charge in [-0.1, -0.05) is 34.1 Å². The molecular weight excluding hydrogens is 273 g/mol. The molecule has 0 saturated carbocycles. The highest BCUT2D eigenvalue weighted by Gasteiger charge is 2.17. The van der Waals surface area contributed by atoms with Gasteiger partial charge in [-0.15, -0.1) is 11.6 Å². The van der Waals surface area contributed by atoms with E-state index in [9.17, 15) is 0 Å². The first-order valence-corrected chi connectivity index (χ1v) is 6.58. The van der Waals surface area contributed by atoms with Crippen LogP contribution in [-0.2, 0) is 6.54 Å². The summed E-state index contributed by atoms with van der Waals surface area (Å²) in [7, 11) is 0. The molecule has 0 aliphatic carbocycles. The van der Waals surface area contributed by atoms with E-state index in [1.165, 1.54) is 10.0 Å². The van der Waals surface area contributed by atoms with E-state index < -0.39 is 0 Å². The summed E-state index contributed by atoms with van der Waals surface area (Å²) in [6, 6.07) is 8.42. The van der Waals surface area contributed by atoms with Gasteiger partial charge < -0.3 is 0 Å². The van der Waals surface area contributed by atoms with Crippen molar-refractivity contribution in [1.29, 1.82) is 0 Å². The summed E-state index contributed by atoms with van der Waals surface area (Å²) in [5, 5.41) is 0.389. The molecular formula is C12H15BrClN. The summed E-state index contributed by atoms with van der Waals surface area (Å²) in [6.07, 6.45) is 2.23. The minimum absolute atomic E-state index is 0.389. The van der Waals surface area contributed by atoms with E-state index in [0.717, 1.165) is 32.5 Å². The van der Waals surface area contributed by atoms with Crippen LogP contribution in [-0.4, -0.2) is 23.4 Å². The van der Waals surface area contributed by atoms with Crippen LogP contribution >= 0.6 is 27.5 Å². The third-order valence-electron chi connectivity index (χ3n) is 2.87. The highest BCUT2D eigenvalue weighted by molar-refractivity contribution is 9.10. The van der Waals surface area contributed by atoms with Crippen molar-refractivity contribution in [2.45, 2.75) is 24.8 Å². The fourth-order valence-electron chi connectivity index (χ4n) is 1.93. The molecule has 3 heteroatoms. The second-order valence-corrected chi connectivity index (χ2v) is 5.51. The second kappa shape index (κ2) is 5.33. The average molecular weight is 289 g/mol. The Morgan fingerprint density at radius 3 is 2.60 bits per heavy atom. The molecule has 0 bridgehead atoms. The maximum Gasteiger partial charge on any atom is 0.0360 e. The molecule has 0 unspecified atom stereocenters. The van der Waals surface area contributed by atoms with E-state index in [2.05, 4.69) is 45.1 Å². The number of hydrogen-bond donors (Lipinski definition) is 0. The quantitative estimate of drug-likeness (QED) is 0.751. The van der Waals surface area contributed by atoms with Crippen molar-refractivity contribution in [2.75, 3.05) is 13.1 Å². The maximum absolute atomic E-state index is 6.08. The SMILES string of the molecule is ClC1CCN(Cc2ccccc2Br)CC1. The molecule has 1 aliphatic heterocycles. The highest BCUT2D eigenvalue weighted by atomic mass is 79.9. The highest BCUT2D eigenvalue weighted by Crippen LogP contribution is 2.21. The molecule has 0 N–H and O–H groups in total. The van der Waals surface area contributed by atoms with E-state index in [0.29, 0.717) is 5.38 Å². The minimum Gasteiger partial charge on any atom is -0.299 e. The van der Waals surface area contributed by atoms with Gasteiger partial charge in [-0.3, -0.25) is 4.90 Å². The lowest BCUT2D eigenvalue weighted by atomic mass is 10.1. The third-order valence-corrected chi connectivity index (χ3v) is 4.08. The maximum atomic E-state index is 6.08. The Bertz CT molecular complexity index is 321. The largest absolute Gasteiger partial charge is 0.299 e. The molecule has 82 valence electrons. The number of hydrogen-bond acceptors (Lipinski definition) is 1. The van der Waals surface area contributed by atoms with Crippen molar-refractivity contribution in [1.82, 2.24) is 4.90 Å². The number of benzene rings is 1. The topological polar surface area (TPSA) is 3.24 Å². The van der Waals surface area contributed by atoms with Gasteiger partial charge in [0.2, 0.25) is 0 Å². The van der Waals surface area contributed by atoms with Crippen LogP contribution in [0.5, 0.6) is 0 Å². The molecule has 15 heavy (non-hydrogen) atoms. The molecule has 1 aromatic carbocycles. The number of halogens is 2. The molecule has 1 aliphatic rings.